The van der Waals surface area contributed by atoms with E-state index < -0.39 is 0 Å². The first-order valence-electron chi connectivity index (χ1n) is 5.15. The van der Waals surface area contributed by atoms with Crippen LogP contribution in [0.1, 0.15) is 46.5 Å². The van der Waals surface area contributed by atoms with Crippen molar-refractivity contribution in [2.75, 3.05) is 7.18 Å². The fraction of sp³-hybridized carbons (Fsp3) is 0.833. The van der Waals surface area contributed by atoms with E-state index in [0.29, 0.717) is 7.18 Å². The van der Waals surface area contributed by atoms with Gasteiger partial charge in [0.25, 0.3) is 0 Å². The lowest BCUT2D eigenvalue weighted by Gasteiger charge is -2.22. The zero-order valence-corrected chi connectivity index (χ0v) is 9.65. The smallest absolute Gasteiger partial charge is 0.0785 e. The molecule has 0 spiro atoms. The summed E-state index contributed by atoms with van der Waals surface area (Å²) in [6, 6.07) is 0. The van der Waals surface area contributed by atoms with Crippen LogP contribution in [0.2, 0.25) is 0 Å². The second kappa shape index (κ2) is 11.7. The Labute approximate surface area is 83.2 Å². The molecule has 1 heteroatoms. The van der Waals surface area contributed by atoms with Crippen LogP contribution >= 0.6 is 0 Å². The zero-order valence-electron chi connectivity index (χ0n) is 9.65. The Morgan fingerprint density at radius 1 is 1.00 bits per heavy atom. The second-order valence-electron chi connectivity index (χ2n) is 3.77. The molecule has 0 unspecified atom stereocenters. The molecule has 0 heterocycles. The van der Waals surface area contributed by atoms with Crippen LogP contribution in [0.15, 0.2) is 12.7 Å². The van der Waals surface area contributed by atoms with Crippen molar-refractivity contribution in [3.8, 4) is 0 Å². The average molecular weight is 188 g/mol. The van der Waals surface area contributed by atoms with Crippen LogP contribution in [0.4, 0.5) is 4.39 Å². The van der Waals surface area contributed by atoms with Gasteiger partial charge in [0.1, 0.15) is 0 Å². The predicted molar refractivity (Wildman–Crippen MR) is 59.7 cm³/mol. The van der Waals surface area contributed by atoms with Gasteiger partial charge in [-0.25, -0.2) is 0 Å². The summed E-state index contributed by atoms with van der Waals surface area (Å²) in [6.45, 7) is 9.98. The third-order valence-corrected chi connectivity index (χ3v) is 2.30. The summed E-state index contributed by atoms with van der Waals surface area (Å²) >= 11 is 0. The second-order valence-corrected chi connectivity index (χ2v) is 3.77. The molecule has 0 atom stereocenters. The molecule has 0 aromatic carbocycles. The average Bonchev–Trinajstić information content (AvgIpc) is 2.15. The van der Waals surface area contributed by atoms with E-state index in [9.17, 15) is 4.39 Å². The summed E-state index contributed by atoms with van der Waals surface area (Å²) in [5.74, 6) is 2.04. The largest absolute Gasteiger partial charge is 0.255 e. The van der Waals surface area contributed by atoms with Crippen molar-refractivity contribution in [3.63, 3.8) is 0 Å². The lowest BCUT2D eigenvalue weighted by Crippen LogP contribution is -2.08. The number of hydrogen-bond acceptors (Lipinski definition) is 0. The van der Waals surface area contributed by atoms with Crippen LogP contribution in [0.25, 0.3) is 0 Å². The van der Waals surface area contributed by atoms with Crippen LogP contribution in [0, 0.1) is 11.8 Å². The molecule has 1 rings (SSSR count). The van der Waals surface area contributed by atoms with Crippen molar-refractivity contribution >= 4 is 0 Å². The van der Waals surface area contributed by atoms with Gasteiger partial charge in [0.05, 0.1) is 7.18 Å². The summed E-state index contributed by atoms with van der Waals surface area (Å²) in [6.07, 6.45) is 7.64. The van der Waals surface area contributed by atoms with Crippen molar-refractivity contribution in [2.45, 2.75) is 46.5 Å². The van der Waals surface area contributed by atoms with Gasteiger partial charge in [-0.3, -0.25) is 4.39 Å². The Hall–Kier alpha value is -0.330. The first-order valence-corrected chi connectivity index (χ1v) is 5.15. The lowest BCUT2D eigenvalue weighted by molar-refractivity contribution is 0.308. The first kappa shape index (κ1) is 15.2. The molecule has 1 saturated carbocycles. The first-order chi connectivity index (χ1) is 6.20. The zero-order chi connectivity index (χ0) is 10.7. The molecule has 0 bridgehead atoms. The van der Waals surface area contributed by atoms with Crippen molar-refractivity contribution in [1.82, 2.24) is 0 Å². The van der Waals surface area contributed by atoms with Crippen molar-refractivity contribution in [1.29, 1.82) is 0 Å². The fourth-order valence-electron chi connectivity index (χ4n) is 1.43. The minimum Gasteiger partial charge on any atom is -0.255 e. The summed E-state index contributed by atoms with van der Waals surface area (Å²) in [7, 11) is 0.500. The molecule has 0 aliphatic heterocycles. The van der Waals surface area contributed by atoms with Gasteiger partial charge in [-0.2, -0.15) is 0 Å². The molecule has 0 nitrogen and oxygen atoms in total. The van der Waals surface area contributed by atoms with E-state index in [2.05, 4.69) is 20.4 Å². The highest BCUT2D eigenvalue weighted by Gasteiger charge is 2.13. The molecule has 0 amide bonds. The number of hydrogen-bond donors (Lipinski definition) is 0. The molecule has 80 valence electrons. The van der Waals surface area contributed by atoms with E-state index in [4.69, 9.17) is 0 Å². The van der Waals surface area contributed by atoms with E-state index in [1.807, 2.05) is 6.92 Å². The quantitative estimate of drug-likeness (QED) is 0.487. The van der Waals surface area contributed by atoms with Gasteiger partial charge >= 0.3 is 0 Å². The minimum atomic E-state index is 0.500. The van der Waals surface area contributed by atoms with E-state index in [1.54, 1.807) is 6.08 Å². The van der Waals surface area contributed by atoms with E-state index in [1.165, 1.54) is 25.7 Å². The van der Waals surface area contributed by atoms with Gasteiger partial charge < -0.3 is 0 Å². The Morgan fingerprint density at radius 3 is 1.31 bits per heavy atom. The summed E-state index contributed by atoms with van der Waals surface area (Å²) in [4.78, 5) is 0. The maximum atomic E-state index is 9.50. The Balaban J connectivity index is 0. The van der Waals surface area contributed by atoms with Gasteiger partial charge in [0.2, 0.25) is 0 Å². The molecular formula is C12H25F. The lowest BCUT2D eigenvalue weighted by atomic mass is 9.84. The normalized spacial score (nSPS) is 25.9. The van der Waals surface area contributed by atoms with Gasteiger partial charge in [0.15, 0.2) is 0 Å². The summed E-state index contributed by atoms with van der Waals surface area (Å²) in [5.41, 5.74) is 0. The molecule has 1 aliphatic carbocycles. The topological polar surface area (TPSA) is 0 Å². The molecular weight excluding hydrogens is 163 g/mol. The van der Waals surface area contributed by atoms with Crippen molar-refractivity contribution in [3.05, 3.63) is 12.7 Å². The maximum absolute atomic E-state index is 9.50. The molecule has 1 fully saturated rings. The number of allylic oxidation sites excluding steroid dienone is 1. The van der Waals surface area contributed by atoms with E-state index in [0.717, 1.165) is 11.8 Å². The standard InChI is InChI=1S/C8H16.C3H6.CH3F/c1-7-3-5-8(2)6-4-7;1-3-2;1-2/h7-8H,3-6H2,1-2H3;3H,1H2,2H3;1H3. The molecule has 0 aromatic rings. The molecule has 1 aliphatic rings. The number of alkyl halides is 1. The Morgan fingerprint density at radius 2 is 1.15 bits per heavy atom. The van der Waals surface area contributed by atoms with Crippen LogP contribution in [-0.2, 0) is 0 Å². The SMILES string of the molecule is C=CC.CC1CCC(C)CC1.CF. The number of halogens is 1. The monoisotopic (exact) mass is 188 g/mol. The molecule has 0 N–H and O–H groups in total. The third-order valence-electron chi connectivity index (χ3n) is 2.30. The van der Waals surface area contributed by atoms with Crippen LogP contribution < -0.4 is 0 Å². The maximum Gasteiger partial charge on any atom is 0.0785 e. The van der Waals surface area contributed by atoms with Gasteiger partial charge in [-0.15, -0.1) is 6.58 Å². The van der Waals surface area contributed by atoms with Crippen molar-refractivity contribution < 1.29 is 4.39 Å². The highest BCUT2D eigenvalue weighted by atomic mass is 19.1. The molecule has 0 saturated heterocycles. The van der Waals surface area contributed by atoms with Crippen LogP contribution in [0.3, 0.4) is 0 Å². The predicted octanol–water partition coefficient (Wildman–Crippen LogP) is 4.61. The Kier molecular flexibility index (Phi) is 13.6. The van der Waals surface area contributed by atoms with Gasteiger partial charge in [-0.1, -0.05) is 45.6 Å². The summed E-state index contributed by atoms with van der Waals surface area (Å²) in [5, 5.41) is 0. The summed E-state index contributed by atoms with van der Waals surface area (Å²) < 4.78 is 9.50. The van der Waals surface area contributed by atoms with Crippen molar-refractivity contribution in [2.24, 2.45) is 11.8 Å². The number of rotatable bonds is 0. The van der Waals surface area contributed by atoms with Gasteiger partial charge in [-0.05, 0) is 18.8 Å². The van der Waals surface area contributed by atoms with E-state index >= 15 is 0 Å². The minimum absolute atomic E-state index is 0.500. The molecule has 0 radical (unpaired) electrons. The highest BCUT2D eigenvalue weighted by molar-refractivity contribution is 4.65. The fourth-order valence-corrected chi connectivity index (χ4v) is 1.43. The van der Waals surface area contributed by atoms with E-state index in [-0.39, 0.29) is 0 Å². The van der Waals surface area contributed by atoms with Crippen LogP contribution in [0.5, 0.6) is 0 Å². The highest BCUT2D eigenvalue weighted by Crippen LogP contribution is 2.27. The molecule has 13 heavy (non-hydrogen) atoms. The molecule has 0 aromatic heterocycles. The Bertz CT molecular complexity index is 81.3. The van der Waals surface area contributed by atoms with Crippen LogP contribution in [-0.4, -0.2) is 7.18 Å². The van der Waals surface area contributed by atoms with Gasteiger partial charge in [0, 0.05) is 0 Å². The third kappa shape index (κ3) is 11.7.